The van der Waals surface area contributed by atoms with Crippen LogP contribution < -0.4 is 19.7 Å². The second-order valence-electron chi connectivity index (χ2n) is 10.5. The van der Waals surface area contributed by atoms with Gasteiger partial charge < -0.3 is 39.0 Å². The maximum atomic E-state index is 13.8. The number of anilines is 2. The first-order chi connectivity index (χ1) is 21.9. The molecule has 0 radical (unpaired) electrons. The molecule has 3 heterocycles. The van der Waals surface area contributed by atoms with Crippen molar-refractivity contribution in [2.24, 2.45) is 0 Å². The van der Waals surface area contributed by atoms with Crippen LogP contribution in [0.5, 0.6) is 17.2 Å². The van der Waals surface area contributed by atoms with Crippen molar-refractivity contribution in [3.8, 4) is 17.2 Å². The third kappa shape index (κ3) is 5.97. The van der Waals surface area contributed by atoms with Gasteiger partial charge in [0.05, 0.1) is 38.3 Å². The zero-order valence-electron chi connectivity index (χ0n) is 24.4. The Hall–Kier alpha value is -4.84. The van der Waals surface area contributed by atoms with Crippen LogP contribution in [0.4, 0.5) is 11.4 Å². The highest BCUT2D eigenvalue weighted by molar-refractivity contribution is 6.19. The van der Waals surface area contributed by atoms with Gasteiger partial charge in [0.1, 0.15) is 35.2 Å². The summed E-state index contributed by atoms with van der Waals surface area (Å²) in [4.78, 5) is 32.9. The number of phenols is 1. The van der Waals surface area contributed by atoms with Crippen molar-refractivity contribution < 1.29 is 34.0 Å². The lowest BCUT2D eigenvalue weighted by molar-refractivity contribution is 0.0705. The minimum Gasteiger partial charge on any atom is -0.507 e. The molecule has 2 aromatic heterocycles. The number of benzene rings is 3. The van der Waals surface area contributed by atoms with Crippen LogP contribution in [0.1, 0.15) is 32.3 Å². The Kier molecular flexibility index (Phi) is 8.74. The number of alkyl halides is 1. The molecule has 5 aromatic rings. The molecule has 0 fully saturated rings. The number of carbonyl (C=O) groups excluding carboxylic acids is 2. The molecule has 0 bridgehead atoms. The van der Waals surface area contributed by atoms with E-state index in [1.807, 2.05) is 12.1 Å². The molecule has 12 heteroatoms. The van der Waals surface area contributed by atoms with Crippen LogP contribution in [0.25, 0.3) is 16.4 Å². The molecule has 1 aliphatic heterocycles. The molecule has 11 nitrogen and oxygen atoms in total. The molecule has 3 aromatic carbocycles. The number of carbonyl (C=O) groups is 2. The molecule has 0 unspecified atom stereocenters. The molecule has 0 saturated heterocycles. The Bertz CT molecular complexity index is 1880. The second-order valence-corrected chi connectivity index (χ2v) is 10.8. The normalized spacial score (nSPS) is 14.1. The van der Waals surface area contributed by atoms with Gasteiger partial charge in [0.15, 0.2) is 0 Å². The van der Waals surface area contributed by atoms with Gasteiger partial charge in [0.25, 0.3) is 11.8 Å². The van der Waals surface area contributed by atoms with E-state index in [0.717, 1.165) is 10.9 Å². The molecule has 6 rings (SSSR count). The number of imidazole rings is 1. The fourth-order valence-electron chi connectivity index (χ4n) is 5.57. The van der Waals surface area contributed by atoms with Gasteiger partial charge in [-0.25, -0.2) is 4.98 Å². The van der Waals surface area contributed by atoms with Gasteiger partial charge in [0.2, 0.25) is 0 Å². The lowest BCUT2D eigenvalue weighted by Crippen LogP contribution is -2.30. The molecule has 232 valence electrons. The fraction of sp³-hybridized carbons (Fsp3) is 0.242. The van der Waals surface area contributed by atoms with Gasteiger partial charge in [-0.05, 0) is 48.0 Å². The van der Waals surface area contributed by atoms with Gasteiger partial charge in [-0.3, -0.25) is 9.59 Å². The van der Waals surface area contributed by atoms with E-state index in [2.05, 4.69) is 10.3 Å². The first-order valence-corrected chi connectivity index (χ1v) is 14.9. The first kappa shape index (κ1) is 30.2. The number of aliphatic hydroxyl groups is 1. The lowest BCUT2D eigenvalue weighted by Gasteiger charge is -2.17. The fourth-order valence-corrected chi connectivity index (χ4v) is 5.82. The standard InChI is InChI=1S/C33H31ClN4O7/c1-43-28-4-2-3-24-27(40)15-26-30(31(24)28)21(16-34)17-38(26)33(42)25-19-37-18-22(7-10-29(37)36-25)35-32(41)20-5-8-23(9-6-20)45-14-13-44-12-11-39/h2-10,15,18-19,21,39-40H,11-14,16-17H2,1H3,(H,35,41)/t21-/m1/s1. The van der Waals surface area contributed by atoms with E-state index in [4.69, 9.17) is 30.9 Å². The second kappa shape index (κ2) is 13.0. The number of hydrogen-bond acceptors (Lipinski definition) is 8. The molecule has 2 amide bonds. The van der Waals surface area contributed by atoms with E-state index >= 15 is 0 Å². The Balaban J connectivity index is 1.19. The number of aromatic nitrogens is 2. The van der Waals surface area contributed by atoms with Crippen LogP contribution >= 0.6 is 11.6 Å². The predicted molar refractivity (Wildman–Crippen MR) is 170 cm³/mol. The molecule has 1 aliphatic rings. The number of fused-ring (bicyclic) bond motifs is 4. The molecule has 1 atom stereocenters. The zero-order chi connectivity index (χ0) is 31.5. The third-order valence-corrected chi connectivity index (χ3v) is 8.02. The number of nitrogens with one attached hydrogen (secondary N) is 1. The summed E-state index contributed by atoms with van der Waals surface area (Å²) in [7, 11) is 1.57. The van der Waals surface area contributed by atoms with Gasteiger partial charge in [0, 0.05) is 53.1 Å². The van der Waals surface area contributed by atoms with Crippen molar-refractivity contribution in [1.82, 2.24) is 9.38 Å². The number of aromatic hydroxyl groups is 1. The van der Waals surface area contributed by atoms with E-state index in [1.165, 1.54) is 0 Å². The van der Waals surface area contributed by atoms with Crippen LogP contribution in [-0.2, 0) is 4.74 Å². The van der Waals surface area contributed by atoms with Gasteiger partial charge in [-0.2, -0.15) is 0 Å². The summed E-state index contributed by atoms with van der Waals surface area (Å²) < 4.78 is 18.0. The van der Waals surface area contributed by atoms with E-state index < -0.39 is 0 Å². The number of ether oxygens (including phenoxy) is 3. The van der Waals surface area contributed by atoms with Crippen LogP contribution in [0.3, 0.4) is 0 Å². The molecule has 3 N–H and O–H groups in total. The van der Waals surface area contributed by atoms with Crippen molar-refractivity contribution >= 4 is 51.2 Å². The summed E-state index contributed by atoms with van der Waals surface area (Å²) in [5.41, 5.74) is 3.10. The summed E-state index contributed by atoms with van der Waals surface area (Å²) in [5.74, 6) is 0.681. The summed E-state index contributed by atoms with van der Waals surface area (Å²) in [5, 5.41) is 23.8. The monoisotopic (exact) mass is 630 g/mol. The number of rotatable bonds is 11. The Morgan fingerprint density at radius 3 is 2.64 bits per heavy atom. The Morgan fingerprint density at radius 1 is 1.07 bits per heavy atom. The molecular weight excluding hydrogens is 600 g/mol. The molecular formula is C33H31ClN4O7. The molecule has 0 spiro atoms. The lowest BCUT2D eigenvalue weighted by atomic mass is 9.94. The summed E-state index contributed by atoms with van der Waals surface area (Å²) in [6.07, 6.45) is 3.30. The topological polar surface area (TPSA) is 135 Å². The van der Waals surface area contributed by atoms with Crippen molar-refractivity contribution in [3.63, 3.8) is 0 Å². The maximum absolute atomic E-state index is 13.8. The molecule has 45 heavy (non-hydrogen) atoms. The zero-order valence-corrected chi connectivity index (χ0v) is 25.2. The Labute approximate surface area is 263 Å². The maximum Gasteiger partial charge on any atom is 0.278 e. The van der Waals surface area contributed by atoms with Crippen LogP contribution in [0.15, 0.2) is 73.1 Å². The summed E-state index contributed by atoms with van der Waals surface area (Å²) >= 11 is 6.38. The summed E-state index contributed by atoms with van der Waals surface area (Å²) in [6.45, 7) is 1.21. The minimum absolute atomic E-state index is 0.0389. The number of aliphatic hydroxyl groups excluding tert-OH is 1. The van der Waals surface area contributed by atoms with Crippen molar-refractivity contribution in [3.05, 3.63) is 89.9 Å². The van der Waals surface area contributed by atoms with Crippen LogP contribution in [0.2, 0.25) is 0 Å². The van der Waals surface area contributed by atoms with Crippen molar-refractivity contribution in [2.45, 2.75) is 5.92 Å². The largest absolute Gasteiger partial charge is 0.507 e. The first-order valence-electron chi connectivity index (χ1n) is 14.3. The van der Waals surface area contributed by atoms with Crippen LogP contribution in [-0.4, -0.2) is 77.4 Å². The highest BCUT2D eigenvalue weighted by atomic mass is 35.5. The number of halogens is 1. The number of phenolic OH excluding ortho intramolecular Hbond substituents is 1. The quantitative estimate of drug-likeness (QED) is 0.140. The average molecular weight is 631 g/mol. The Morgan fingerprint density at radius 2 is 1.89 bits per heavy atom. The van der Waals surface area contributed by atoms with E-state index in [1.54, 1.807) is 77.3 Å². The average Bonchev–Trinajstić information content (AvgIpc) is 3.65. The van der Waals surface area contributed by atoms with E-state index in [0.29, 0.717) is 59.2 Å². The van der Waals surface area contributed by atoms with Crippen LogP contribution in [0, 0.1) is 0 Å². The smallest absolute Gasteiger partial charge is 0.278 e. The summed E-state index contributed by atoms with van der Waals surface area (Å²) in [6, 6.07) is 17.2. The number of hydrogen-bond donors (Lipinski definition) is 3. The van der Waals surface area contributed by atoms with Crippen molar-refractivity contribution in [1.29, 1.82) is 0 Å². The van der Waals surface area contributed by atoms with Crippen molar-refractivity contribution in [2.75, 3.05) is 56.2 Å². The predicted octanol–water partition coefficient (Wildman–Crippen LogP) is 4.82. The van der Waals surface area contributed by atoms with Gasteiger partial charge in [-0.15, -0.1) is 11.6 Å². The number of pyridine rings is 1. The third-order valence-electron chi connectivity index (χ3n) is 7.65. The number of methoxy groups -OCH3 is 1. The SMILES string of the molecule is COc1cccc2c(O)cc3c(c12)[C@H](CCl)CN3C(=O)c1cn2cc(NC(=O)c3ccc(OCCOCCO)cc3)ccc2n1. The van der Waals surface area contributed by atoms with Gasteiger partial charge >= 0.3 is 0 Å². The number of nitrogens with zero attached hydrogens (tertiary/aromatic N) is 3. The minimum atomic E-state index is -0.339. The number of amides is 2. The van der Waals surface area contributed by atoms with E-state index in [9.17, 15) is 14.7 Å². The molecule has 0 aliphatic carbocycles. The molecule has 0 saturated carbocycles. The van der Waals surface area contributed by atoms with Gasteiger partial charge in [-0.1, -0.05) is 12.1 Å². The highest BCUT2D eigenvalue weighted by Gasteiger charge is 2.36. The highest BCUT2D eigenvalue weighted by Crippen LogP contribution is 2.48. The van der Waals surface area contributed by atoms with E-state index in [-0.39, 0.29) is 48.3 Å².